The van der Waals surface area contributed by atoms with Crippen LogP contribution in [0.1, 0.15) is 50.0 Å². The number of phenols is 2. The highest BCUT2D eigenvalue weighted by atomic mass is 16.3. The number of Topliss-reactive ketones (excluding diaryl/α,β-unsaturated/α-hetero) is 2. The Kier molecular flexibility index (Phi) is 3.44. The van der Waals surface area contributed by atoms with Gasteiger partial charge in [0, 0.05) is 41.3 Å². The summed E-state index contributed by atoms with van der Waals surface area (Å²) >= 11 is 0. The van der Waals surface area contributed by atoms with Crippen molar-refractivity contribution >= 4 is 11.6 Å². The maximum Gasteiger partial charge on any atom is 0.161 e. The van der Waals surface area contributed by atoms with Crippen molar-refractivity contribution in [2.45, 2.75) is 44.4 Å². The molecule has 1 heterocycles. The molecule has 5 nitrogen and oxygen atoms in total. The van der Waals surface area contributed by atoms with Crippen LogP contribution < -0.4 is 5.32 Å². The Morgan fingerprint density at radius 3 is 1.96 bits per heavy atom. The lowest BCUT2D eigenvalue weighted by molar-refractivity contribution is -0.116. The summed E-state index contributed by atoms with van der Waals surface area (Å²) in [6, 6.07) is 4.56. The van der Waals surface area contributed by atoms with E-state index in [4.69, 9.17) is 0 Å². The molecule has 0 aromatic heterocycles. The molecular weight excluding hydrogens is 306 g/mol. The highest BCUT2D eigenvalue weighted by molar-refractivity contribution is 6.06. The molecule has 0 unspecified atom stereocenters. The quantitative estimate of drug-likeness (QED) is 0.691. The monoisotopic (exact) mass is 325 g/mol. The molecule has 0 saturated carbocycles. The van der Waals surface area contributed by atoms with E-state index in [1.165, 1.54) is 12.1 Å². The number of rotatable bonds is 1. The van der Waals surface area contributed by atoms with Crippen molar-refractivity contribution in [3.05, 3.63) is 46.3 Å². The van der Waals surface area contributed by atoms with E-state index in [2.05, 4.69) is 5.32 Å². The normalized spacial score (nSPS) is 21.5. The number of hydrogen-bond acceptors (Lipinski definition) is 5. The van der Waals surface area contributed by atoms with Crippen LogP contribution in [-0.4, -0.2) is 21.8 Å². The Morgan fingerprint density at radius 2 is 1.42 bits per heavy atom. The summed E-state index contributed by atoms with van der Waals surface area (Å²) in [6.45, 7) is 0. The zero-order valence-electron chi connectivity index (χ0n) is 13.3. The van der Waals surface area contributed by atoms with Crippen molar-refractivity contribution in [1.29, 1.82) is 0 Å². The molecule has 3 aliphatic rings. The van der Waals surface area contributed by atoms with E-state index >= 15 is 0 Å². The molecule has 1 aliphatic heterocycles. The van der Waals surface area contributed by atoms with Gasteiger partial charge in [-0.15, -0.1) is 0 Å². The lowest BCUT2D eigenvalue weighted by atomic mass is 9.71. The lowest BCUT2D eigenvalue weighted by Crippen LogP contribution is -2.36. The van der Waals surface area contributed by atoms with E-state index in [9.17, 15) is 19.8 Å². The van der Waals surface area contributed by atoms with Crippen molar-refractivity contribution in [2.75, 3.05) is 0 Å². The Labute approximate surface area is 139 Å². The highest BCUT2D eigenvalue weighted by Gasteiger charge is 2.40. The van der Waals surface area contributed by atoms with Crippen LogP contribution in [0.15, 0.2) is 40.7 Å². The standard InChI is InChI=1S/C19H19NO4/c21-13-8-7-10(9-16(13)24)17-18-11(3-1-5-14(18)22)20-12-4-2-6-15(23)19(12)17/h7-9,17,20-21,24H,1-6H2. The molecule has 0 radical (unpaired) electrons. The molecule has 0 fully saturated rings. The van der Waals surface area contributed by atoms with Gasteiger partial charge in [0.05, 0.1) is 0 Å². The number of phenolic OH excluding ortho intramolecular Hbond substituents is 2. The van der Waals surface area contributed by atoms with Crippen LogP contribution in [0.25, 0.3) is 0 Å². The zero-order chi connectivity index (χ0) is 16.8. The minimum absolute atomic E-state index is 0.0613. The molecule has 0 spiro atoms. The van der Waals surface area contributed by atoms with Crippen LogP contribution in [0.5, 0.6) is 11.5 Å². The van der Waals surface area contributed by atoms with Gasteiger partial charge >= 0.3 is 0 Å². The molecule has 0 bridgehead atoms. The van der Waals surface area contributed by atoms with Gasteiger partial charge in [0.2, 0.25) is 0 Å². The molecule has 5 heteroatoms. The fourth-order valence-corrected chi connectivity index (χ4v) is 4.04. The molecule has 0 saturated heterocycles. The molecule has 0 atom stereocenters. The third-order valence-corrected chi connectivity index (χ3v) is 5.12. The average Bonchev–Trinajstić information content (AvgIpc) is 2.56. The third-order valence-electron chi connectivity index (χ3n) is 5.12. The first kappa shape index (κ1) is 15.0. The van der Waals surface area contributed by atoms with Gasteiger partial charge in [0.25, 0.3) is 0 Å². The summed E-state index contributed by atoms with van der Waals surface area (Å²) < 4.78 is 0. The van der Waals surface area contributed by atoms with Crippen LogP contribution in [0.4, 0.5) is 0 Å². The van der Waals surface area contributed by atoms with Crippen molar-refractivity contribution < 1.29 is 19.8 Å². The van der Waals surface area contributed by atoms with Crippen LogP contribution in [-0.2, 0) is 9.59 Å². The van der Waals surface area contributed by atoms with Crippen LogP contribution in [0, 0.1) is 0 Å². The van der Waals surface area contributed by atoms with Crippen LogP contribution in [0.2, 0.25) is 0 Å². The van der Waals surface area contributed by atoms with E-state index < -0.39 is 5.92 Å². The number of ketones is 2. The van der Waals surface area contributed by atoms with Gasteiger partial charge < -0.3 is 15.5 Å². The van der Waals surface area contributed by atoms with Gasteiger partial charge in [-0.1, -0.05) is 6.07 Å². The Hall–Kier alpha value is -2.56. The number of nitrogens with one attached hydrogen (secondary N) is 1. The van der Waals surface area contributed by atoms with Crippen molar-refractivity contribution in [3.8, 4) is 11.5 Å². The molecule has 1 aromatic rings. The van der Waals surface area contributed by atoms with E-state index in [1.807, 2.05) is 0 Å². The lowest BCUT2D eigenvalue weighted by Gasteiger charge is -2.37. The number of benzene rings is 1. The van der Waals surface area contributed by atoms with Crippen LogP contribution in [0.3, 0.4) is 0 Å². The first-order chi connectivity index (χ1) is 11.6. The minimum atomic E-state index is -0.441. The summed E-state index contributed by atoms with van der Waals surface area (Å²) in [6.07, 6.45) is 4.19. The SMILES string of the molecule is O=C1CCCC2=C1C(c1ccc(O)c(O)c1)C1=C(CCCC1=O)N2. The first-order valence-electron chi connectivity index (χ1n) is 8.37. The second-order valence-electron chi connectivity index (χ2n) is 6.64. The predicted octanol–water partition coefficient (Wildman–Crippen LogP) is 2.80. The first-order valence-corrected chi connectivity index (χ1v) is 8.37. The maximum absolute atomic E-state index is 12.6. The van der Waals surface area contributed by atoms with Gasteiger partial charge in [-0.2, -0.15) is 0 Å². The number of dihydropyridines is 1. The Bertz CT molecular complexity index is 777. The number of carbonyl (C=O) groups excluding carboxylic acids is 2. The van der Waals surface area contributed by atoms with Crippen molar-refractivity contribution in [1.82, 2.24) is 5.32 Å². The maximum atomic E-state index is 12.6. The largest absolute Gasteiger partial charge is 0.504 e. The highest BCUT2D eigenvalue weighted by Crippen LogP contribution is 2.46. The van der Waals surface area contributed by atoms with E-state index in [0.29, 0.717) is 29.6 Å². The molecule has 2 aliphatic carbocycles. The molecule has 24 heavy (non-hydrogen) atoms. The van der Waals surface area contributed by atoms with Gasteiger partial charge in [-0.05, 0) is 43.4 Å². The number of carbonyl (C=O) groups is 2. The van der Waals surface area contributed by atoms with Crippen LogP contribution >= 0.6 is 0 Å². The topological polar surface area (TPSA) is 86.6 Å². The molecular formula is C19H19NO4. The van der Waals surface area contributed by atoms with E-state index in [1.54, 1.807) is 6.07 Å². The molecule has 124 valence electrons. The van der Waals surface area contributed by atoms with Gasteiger partial charge in [-0.25, -0.2) is 0 Å². The number of allylic oxidation sites excluding steroid dienone is 4. The van der Waals surface area contributed by atoms with Gasteiger partial charge in [0.15, 0.2) is 23.1 Å². The Balaban J connectivity index is 1.92. The number of aromatic hydroxyl groups is 2. The van der Waals surface area contributed by atoms with Crippen molar-refractivity contribution in [3.63, 3.8) is 0 Å². The summed E-state index contributed by atoms with van der Waals surface area (Å²) in [5.74, 6) is -0.760. The summed E-state index contributed by atoms with van der Waals surface area (Å²) in [7, 11) is 0. The fraction of sp³-hybridized carbons (Fsp3) is 0.368. The minimum Gasteiger partial charge on any atom is -0.504 e. The third kappa shape index (κ3) is 2.23. The summed E-state index contributed by atoms with van der Waals surface area (Å²) in [4.78, 5) is 25.2. The molecule has 0 amide bonds. The van der Waals surface area contributed by atoms with Gasteiger partial charge in [-0.3, -0.25) is 9.59 Å². The zero-order valence-corrected chi connectivity index (χ0v) is 13.3. The Morgan fingerprint density at radius 1 is 0.833 bits per heavy atom. The summed E-state index contributed by atoms with van der Waals surface area (Å²) in [5.41, 5.74) is 3.81. The molecule has 1 aromatic carbocycles. The molecule has 3 N–H and O–H groups in total. The van der Waals surface area contributed by atoms with Gasteiger partial charge in [0.1, 0.15) is 0 Å². The summed E-state index contributed by atoms with van der Waals surface area (Å²) in [5, 5.41) is 22.8. The van der Waals surface area contributed by atoms with E-state index in [0.717, 1.165) is 37.1 Å². The molecule has 4 rings (SSSR count). The number of hydrogen-bond donors (Lipinski definition) is 3. The average molecular weight is 325 g/mol. The smallest absolute Gasteiger partial charge is 0.161 e. The second kappa shape index (κ2) is 5.51. The predicted molar refractivity (Wildman–Crippen MR) is 87.4 cm³/mol. The fourth-order valence-electron chi connectivity index (χ4n) is 4.04. The second-order valence-corrected chi connectivity index (χ2v) is 6.64. The van der Waals surface area contributed by atoms with E-state index in [-0.39, 0.29) is 23.1 Å². The van der Waals surface area contributed by atoms with Crippen molar-refractivity contribution in [2.24, 2.45) is 0 Å².